The number of sulfonamides is 1. The first-order chi connectivity index (χ1) is 13.0. The first-order valence-corrected chi connectivity index (χ1v) is 10.3. The second-order valence-corrected chi connectivity index (χ2v) is 8.24. The van der Waals surface area contributed by atoms with Gasteiger partial charge in [0, 0.05) is 19.6 Å². The number of para-hydroxylation sites is 1. The van der Waals surface area contributed by atoms with Crippen molar-refractivity contribution in [1.29, 1.82) is 0 Å². The van der Waals surface area contributed by atoms with E-state index >= 15 is 0 Å². The summed E-state index contributed by atoms with van der Waals surface area (Å²) >= 11 is 0. The van der Waals surface area contributed by atoms with Crippen LogP contribution in [0.25, 0.3) is 0 Å². The molecule has 0 unspecified atom stereocenters. The van der Waals surface area contributed by atoms with Gasteiger partial charge in [-0.05, 0) is 35.7 Å². The first-order valence-electron chi connectivity index (χ1n) is 8.72. The van der Waals surface area contributed by atoms with E-state index in [2.05, 4.69) is 10.6 Å². The summed E-state index contributed by atoms with van der Waals surface area (Å²) in [5.74, 6) is 0.606. The Balaban J connectivity index is 1.45. The van der Waals surface area contributed by atoms with E-state index < -0.39 is 16.1 Å². The molecule has 1 aliphatic heterocycles. The molecule has 2 amide bonds. The average Bonchev–Trinajstić information content (AvgIpc) is 3.12. The third-order valence-electron chi connectivity index (χ3n) is 4.44. The van der Waals surface area contributed by atoms with E-state index in [1.807, 2.05) is 48.5 Å². The van der Waals surface area contributed by atoms with Gasteiger partial charge in [0.05, 0.1) is 18.6 Å². The third kappa shape index (κ3) is 4.71. The van der Waals surface area contributed by atoms with Gasteiger partial charge in [-0.25, -0.2) is 13.2 Å². The highest BCUT2D eigenvalue weighted by Gasteiger charge is 2.28. The molecule has 8 heteroatoms. The van der Waals surface area contributed by atoms with Crippen molar-refractivity contribution in [3.05, 3.63) is 59.7 Å². The number of nitrogens with zero attached hydrogens (tertiary/aromatic N) is 1. The molecule has 2 aromatic rings. The van der Waals surface area contributed by atoms with Gasteiger partial charge in [0.1, 0.15) is 5.75 Å². The number of carbonyl (C=O) groups excluding carboxylic acids is 1. The number of fused-ring (bicyclic) bond motifs is 1. The van der Waals surface area contributed by atoms with Crippen molar-refractivity contribution in [2.24, 2.45) is 0 Å². The van der Waals surface area contributed by atoms with E-state index in [9.17, 15) is 13.2 Å². The maximum absolute atomic E-state index is 12.6. The summed E-state index contributed by atoms with van der Waals surface area (Å²) in [7, 11) is -1.87. The third-order valence-corrected chi connectivity index (χ3v) is 6.21. The van der Waals surface area contributed by atoms with Crippen molar-refractivity contribution >= 4 is 21.7 Å². The fourth-order valence-corrected chi connectivity index (χ4v) is 4.42. The summed E-state index contributed by atoms with van der Waals surface area (Å²) in [6, 6.07) is 14.4. The SMILES string of the molecule is COc1ccc(CNC(=O)NCCS(=O)(=O)N2CCc3ccccc32)cc1. The molecule has 0 aliphatic carbocycles. The molecule has 1 heterocycles. The number of carbonyl (C=O) groups is 1. The highest BCUT2D eigenvalue weighted by molar-refractivity contribution is 7.92. The van der Waals surface area contributed by atoms with E-state index in [1.165, 1.54) is 4.31 Å². The molecule has 3 rings (SSSR count). The number of hydrogen-bond acceptors (Lipinski definition) is 4. The van der Waals surface area contributed by atoms with Gasteiger partial charge in [0.15, 0.2) is 0 Å². The zero-order valence-electron chi connectivity index (χ0n) is 15.1. The van der Waals surface area contributed by atoms with Crippen LogP contribution in [0.2, 0.25) is 0 Å². The van der Waals surface area contributed by atoms with Crippen LogP contribution >= 0.6 is 0 Å². The van der Waals surface area contributed by atoms with Crippen LogP contribution in [-0.2, 0) is 23.0 Å². The fraction of sp³-hybridized carbons (Fsp3) is 0.316. The largest absolute Gasteiger partial charge is 0.497 e. The normalized spacial score (nSPS) is 13.1. The topological polar surface area (TPSA) is 87.7 Å². The zero-order valence-corrected chi connectivity index (χ0v) is 16.0. The molecule has 7 nitrogen and oxygen atoms in total. The maximum atomic E-state index is 12.6. The standard InChI is InChI=1S/C19H23N3O4S/c1-26-17-8-6-15(7-9-17)14-21-19(23)20-11-13-27(24,25)22-12-10-16-4-2-3-5-18(16)22/h2-9H,10-14H2,1H3,(H2,20,21,23). The van der Waals surface area contributed by atoms with E-state index in [1.54, 1.807) is 7.11 Å². The quantitative estimate of drug-likeness (QED) is 0.757. The summed E-state index contributed by atoms with van der Waals surface area (Å²) in [5, 5.41) is 5.31. The van der Waals surface area contributed by atoms with E-state index in [0.717, 1.165) is 22.6 Å². The van der Waals surface area contributed by atoms with E-state index in [4.69, 9.17) is 4.74 Å². The van der Waals surface area contributed by atoms with Crippen LogP contribution in [0.15, 0.2) is 48.5 Å². The molecule has 0 saturated carbocycles. The average molecular weight is 389 g/mol. The molecule has 27 heavy (non-hydrogen) atoms. The molecule has 0 radical (unpaired) electrons. The number of benzene rings is 2. The first kappa shape index (κ1) is 19.0. The summed E-state index contributed by atoms with van der Waals surface area (Å²) < 4.78 is 31.6. The van der Waals surface area contributed by atoms with Gasteiger partial charge in [0.2, 0.25) is 10.0 Å². The molecular formula is C19H23N3O4S. The monoisotopic (exact) mass is 389 g/mol. The zero-order chi connectivity index (χ0) is 19.3. The van der Waals surface area contributed by atoms with Crippen molar-refractivity contribution < 1.29 is 17.9 Å². The second-order valence-electron chi connectivity index (χ2n) is 6.22. The number of hydrogen-bond donors (Lipinski definition) is 2. The van der Waals surface area contributed by atoms with Crippen molar-refractivity contribution in [2.45, 2.75) is 13.0 Å². The lowest BCUT2D eigenvalue weighted by Crippen LogP contribution is -2.40. The lowest BCUT2D eigenvalue weighted by molar-refractivity contribution is 0.241. The van der Waals surface area contributed by atoms with Crippen molar-refractivity contribution in [1.82, 2.24) is 10.6 Å². The van der Waals surface area contributed by atoms with Crippen LogP contribution in [-0.4, -0.2) is 40.4 Å². The smallest absolute Gasteiger partial charge is 0.315 e. The number of anilines is 1. The Hall–Kier alpha value is -2.74. The number of rotatable bonds is 7. The Bertz CT molecular complexity index is 897. The number of urea groups is 1. The number of ether oxygens (including phenoxy) is 1. The number of methoxy groups -OCH3 is 1. The van der Waals surface area contributed by atoms with Gasteiger partial charge in [-0.15, -0.1) is 0 Å². The van der Waals surface area contributed by atoms with Crippen LogP contribution in [0.3, 0.4) is 0 Å². The Labute approximate surface area is 159 Å². The minimum Gasteiger partial charge on any atom is -0.497 e. The van der Waals surface area contributed by atoms with E-state index in [0.29, 0.717) is 19.5 Å². The lowest BCUT2D eigenvalue weighted by Gasteiger charge is -2.19. The minimum absolute atomic E-state index is 0.0510. The van der Waals surface area contributed by atoms with Crippen LogP contribution in [0.1, 0.15) is 11.1 Å². The molecule has 0 bridgehead atoms. The predicted octanol–water partition coefficient (Wildman–Crippen LogP) is 1.89. The molecule has 2 aromatic carbocycles. The van der Waals surface area contributed by atoms with Gasteiger partial charge < -0.3 is 15.4 Å². The Morgan fingerprint density at radius 1 is 1.11 bits per heavy atom. The van der Waals surface area contributed by atoms with Crippen molar-refractivity contribution in [3.8, 4) is 5.75 Å². The summed E-state index contributed by atoms with van der Waals surface area (Å²) in [5.41, 5.74) is 2.69. The Morgan fingerprint density at radius 3 is 2.59 bits per heavy atom. The lowest BCUT2D eigenvalue weighted by atomic mass is 10.2. The van der Waals surface area contributed by atoms with Gasteiger partial charge >= 0.3 is 6.03 Å². The molecule has 0 saturated heterocycles. The van der Waals surface area contributed by atoms with Crippen LogP contribution in [0.5, 0.6) is 5.75 Å². The van der Waals surface area contributed by atoms with Gasteiger partial charge in [-0.1, -0.05) is 30.3 Å². The maximum Gasteiger partial charge on any atom is 0.315 e. The number of nitrogens with one attached hydrogen (secondary N) is 2. The van der Waals surface area contributed by atoms with Crippen molar-refractivity contribution in [2.75, 3.05) is 30.3 Å². The molecule has 144 valence electrons. The molecule has 1 aliphatic rings. The van der Waals surface area contributed by atoms with Gasteiger partial charge in [0.25, 0.3) is 0 Å². The Kier molecular flexibility index (Phi) is 5.85. The molecule has 0 atom stereocenters. The predicted molar refractivity (Wildman–Crippen MR) is 105 cm³/mol. The molecule has 0 fully saturated rings. The fourth-order valence-electron chi connectivity index (χ4n) is 2.99. The highest BCUT2D eigenvalue weighted by Crippen LogP contribution is 2.29. The summed E-state index contributed by atoms with van der Waals surface area (Å²) in [4.78, 5) is 11.9. The second kappa shape index (κ2) is 8.30. The molecule has 0 spiro atoms. The molecule has 2 N–H and O–H groups in total. The number of amides is 2. The van der Waals surface area contributed by atoms with Gasteiger partial charge in [-0.2, -0.15) is 0 Å². The van der Waals surface area contributed by atoms with Crippen LogP contribution in [0, 0.1) is 0 Å². The van der Waals surface area contributed by atoms with Crippen LogP contribution in [0.4, 0.5) is 10.5 Å². The van der Waals surface area contributed by atoms with Gasteiger partial charge in [-0.3, -0.25) is 4.31 Å². The van der Waals surface area contributed by atoms with Crippen molar-refractivity contribution in [3.63, 3.8) is 0 Å². The molecule has 0 aromatic heterocycles. The summed E-state index contributed by atoms with van der Waals surface area (Å²) in [6.45, 7) is 0.850. The summed E-state index contributed by atoms with van der Waals surface area (Å²) in [6.07, 6.45) is 0.713. The van der Waals surface area contributed by atoms with E-state index in [-0.39, 0.29) is 12.3 Å². The highest BCUT2D eigenvalue weighted by atomic mass is 32.2. The Morgan fingerprint density at radius 2 is 1.85 bits per heavy atom. The minimum atomic E-state index is -3.47. The molecular weight excluding hydrogens is 366 g/mol. The van der Waals surface area contributed by atoms with Crippen LogP contribution < -0.4 is 19.7 Å².